The highest BCUT2D eigenvalue weighted by molar-refractivity contribution is 7.90. The van der Waals surface area contributed by atoms with Crippen molar-refractivity contribution in [2.24, 2.45) is 0 Å². The molecule has 0 aromatic heterocycles. The number of non-ortho nitro benzene ring substituents is 1. The average Bonchev–Trinajstić information content (AvgIpc) is 2.66. The number of nitro groups is 1. The van der Waals surface area contributed by atoms with Gasteiger partial charge < -0.3 is 15.0 Å². The molecular weight excluding hydrogens is 398 g/mol. The molecule has 0 bridgehead atoms. The van der Waals surface area contributed by atoms with E-state index >= 15 is 0 Å². The molecule has 1 amide bonds. The number of carbonyl (C=O) groups is 1. The predicted molar refractivity (Wildman–Crippen MR) is 108 cm³/mol. The third kappa shape index (κ3) is 5.75. The van der Waals surface area contributed by atoms with Crippen LogP contribution < -0.4 is 10.1 Å². The molecule has 0 spiro atoms. The highest BCUT2D eigenvalue weighted by atomic mass is 32.2. The first-order valence-corrected chi connectivity index (χ1v) is 10.5. The summed E-state index contributed by atoms with van der Waals surface area (Å²) in [5, 5.41) is 13.8. The Kier molecular flexibility index (Phi) is 6.93. The average molecular weight is 421 g/mol. The van der Waals surface area contributed by atoms with Crippen LogP contribution in [-0.2, 0) is 9.84 Å². The number of rotatable bonds is 8. The summed E-state index contributed by atoms with van der Waals surface area (Å²) in [7, 11) is 1.55. The van der Waals surface area contributed by atoms with E-state index in [1.54, 1.807) is 7.11 Å². The van der Waals surface area contributed by atoms with Gasteiger partial charge in [-0.1, -0.05) is 12.1 Å². The van der Waals surface area contributed by atoms with Gasteiger partial charge in [-0.3, -0.25) is 14.9 Å². The number of methoxy groups -OCH3 is 1. The Bertz CT molecular complexity index is 1020. The van der Waals surface area contributed by atoms with Gasteiger partial charge in [0.05, 0.1) is 23.0 Å². The van der Waals surface area contributed by atoms with Crippen LogP contribution in [0.5, 0.6) is 5.75 Å². The third-order valence-electron chi connectivity index (χ3n) is 4.35. The second-order valence-corrected chi connectivity index (χ2v) is 8.73. The predicted octanol–water partition coefficient (Wildman–Crippen LogP) is 2.04. The fourth-order valence-corrected chi connectivity index (χ4v) is 3.45. The maximum absolute atomic E-state index is 12.6. The number of nitro benzene ring substituents is 1. The maximum atomic E-state index is 12.6. The van der Waals surface area contributed by atoms with Crippen molar-refractivity contribution < 1.29 is 22.9 Å². The lowest BCUT2D eigenvalue weighted by Crippen LogP contribution is -2.34. The summed E-state index contributed by atoms with van der Waals surface area (Å²) >= 11 is 0. The number of sulfone groups is 1. The van der Waals surface area contributed by atoms with Gasteiger partial charge in [0.2, 0.25) is 0 Å². The molecule has 9 nitrogen and oxygen atoms in total. The molecule has 0 aliphatic heterocycles. The van der Waals surface area contributed by atoms with E-state index in [0.29, 0.717) is 5.75 Å². The molecule has 0 aliphatic rings. The van der Waals surface area contributed by atoms with Gasteiger partial charge in [0.1, 0.15) is 5.75 Å². The molecule has 1 N–H and O–H groups in total. The van der Waals surface area contributed by atoms with E-state index in [2.05, 4.69) is 5.32 Å². The minimum atomic E-state index is -3.72. The van der Waals surface area contributed by atoms with Crippen LogP contribution in [0, 0.1) is 10.1 Å². The number of ether oxygens (including phenoxy) is 1. The van der Waals surface area contributed by atoms with E-state index in [9.17, 15) is 23.3 Å². The lowest BCUT2D eigenvalue weighted by molar-refractivity contribution is -0.385. The normalized spacial score (nSPS) is 12.4. The quantitative estimate of drug-likeness (QED) is 0.512. The molecule has 29 heavy (non-hydrogen) atoms. The molecule has 2 aromatic rings. The highest BCUT2D eigenvalue weighted by Crippen LogP contribution is 2.23. The summed E-state index contributed by atoms with van der Waals surface area (Å²) in [5.41, 5.74) is 0.350. The van der Waals surface area contributed by atoms with Gasteiger partial charge in [-0.15, -0.1) is 0 Å². The van der Waals surface area contributed by atoms with Gasteiger partial charge in [0.25, 0.3) is 11.6 Å². The van der Waals surface area contributed by atoms with Crippen molar-refractivity contribution in [3.63, 3.8) is 0 Å². The molecule has 0 fully saturated rings. The first-order valence-electron chi connectivity index (χ1n) is 8.61. The number of carbonyl (C=O) groups excluding carboxylic acids is 1. The van der Waals surface area contributed by atoms with Crippen molar-refractivity contribution in [1.82, 2.24) is 10.2 Å². The number of nitrogens with one attached hydrogen (secondary N) is 1. The lowest BCUT2D eigenvalue weighted by Gasteiger charge is -2.25. The number of hydrogen-bond donors (Lipinski definition) is 1. The molecule has 0 radical (unpaired) electrons. The monoisotopic (exact) mass is 421 g/mol. The van der Waals surface area contributed by atoms with Crippen molar-refractivity contribution >= 4 is 21.4 Å². The van der Waals surface area contributed by atoms with Crippen LogP contribution in [0.4, 0.5) is 5.69 Å². The zero-order chi connectivity index (χ0) is 21.8. The van der Waals surface area contributed by atoms with Crippen LogP contribution in [-0.4, -0.2) is 58.2 Å². The summed E-state index contributed by atoms with van der Waals surface area (Å²) in [6.07, 6.45) is 0.929. The molecule has 0 saturated carbocycles. The van der Waals surface area contributed by atoms with Crippen LogP contribution in [0.1, 0.15) is 22.0 Å². The summed E-state index contributed by atoms with van der Waals surface area (Å²) < 4.78 is 28.9. The number of benzene rings is 2. The van der Waals surface area contributed by atoms with Crippen LogP contribution in [0.3, 0.4) is 0 Å². The SMILES string of the molecule is COc1cccc(C(CNC(=O)c2cc([N+](=O)[O-])cc(S(C)(=O)=O)c2)N(C)C)c1. The molecular formula is C19H23N3O6S. The first-order chi connectivity index (χ1) is 13.5. The van der Waals surface area contributed by atoms with E-state index in [4.69, 9.17) is 4.74 Å². The number of amides is 1. The molecule has 2 aromatic carbocycles. The smallest absolute Gasteiger partial charge is 0.271 e. The number of likely N-dealkylation sites (N-methyl/N-ethyl adjacent to an activating group) is 1. The molecule has 1 atom stereocenters. The van der Waals surface area contributed by atoms with Gasteiger partial charge >= 0.3 is 0 Å². The Morgan fingerprint density at radius 3 is 2.48 bits per heavy atom. The van der Waals surface area contributed by atoms with Crippen molar-refractivity contribution in [3.05, 3.63) is 63.7 Å². The Morgan fingerprint density at radius 2 is 1.93 bits per heavy atom. The molecule has 156 valence electrons. The van der Waals surface area contributed by atoms with E-state index in [0.717, 1.165) is 30.0 Å². The molecule has 1 unspecified atom stereocenters. The Labute approximate surface area is 169 Å². The van der Waals surface area contributed by atoms with E-state index in [-0.39, 0.29) is 23.0 Å². The van der Waals surface area contributed by atoms with Crippen molar-refractivity contribution in [3.8, 4) is 5.75 Å². The van der Waals surface area contributed by atoms with Crippen LogP contribution >= 0.6 is 0 Å². The maximum Gasteiger partial charge on any atom is 0.271 e. The summed E-state index contributed by atoms with van der Waals surface area (Å²) in [5.74, 6) is 0.0745. The van der Waals surface area contributed by atoms with Crippen LogP contribution in [0.15, 0.2) is 47.4 Å². The number of nitrogens with zero attached hydrogens (tertiary/aromatic N) is 2. The molecule has 0 aliphatic carbocycles. The minimum Gasteiger partial charge on any atom is -0.497 e. The third-order valence-corrected chi connectivity index (χ3v) is 5.44. The van der Waals surface area contributed by atoms with Crippen molar-refractivity contribution in [1.29, 1.82) is 0 Å². The Morgan fingerprint density at radius 1 is 1.24 bits per heavy atom. The first kappa shape index (κ1) is 22.3. The number of hydrogen-bond acceptors (Lipinski definition) is 7. The summed E-state index contributed by atoms with van der Waals surface area (Å²) in [4.78, 5) is 24.6. The fourth-order valence-electron chi connectivity index (χ4n) is 2.77. The summed E-state index contributed by atoms with van der Waals surface area (Å²) in [6.45, 7) is 0.204. The topological polar surface area (TPSA) is 119 Å². The molecule has 2 rings (SSSR count). The largest absolute Gasteiger partial charge is 0.497 e. The van der Waals surface area contributed by atoms with Gasteiger partial charge in [-0.05, 0) is 37.9 Å². The van der Waals surface area contributed by atoms with Gasteiger partial charge in [0.15, 0.2) is 9.84 Å². The second kappa shape index (κ2) is 9.01. The zero-order valence-corrected chi connectivity index (χ0v) is 17.4. The Hall–Kier alpha value is -2.98. The minimum absolute atomic E-state index is 0.0947. The molecule has 10 heteroatoms. The van der Waals surface area contributed by atoms with Crippen molar-refractivity contribution in [2.75, 3.05) is 34.0 Å². The van der Waals surface area contributed by atoms with Gasteiger partial charge in [-0.25, -0.2) is 8.42 Å². The van der Waals surface area contributed by atoms with E-state index < -0.39 is 26.4 Å². The highest BCUT2D eigenvalue weighted by Gasteiger charge is 2.21. The van der Waals surface area contributed by atoms with E-state index in [1.165, 1.54) is 0 Å². The van der Waals surface area contributed by atoms with E-state index in [1.807, 2.05) is 43.3 Å². The van der Waals surface area contributed by atoms with Crippen LogP contribution in [0.25, 0.3) is 0 Å². The van der Waals surface area contributed by atoms with Gasteiger partial charge in [-0.2, -0.15) is 0 Å². The lowest BCUT2D eigenvalue weighted by atomic mass is 10.1. The van der Waals surface area contributed by atoms with Crippen LogP contribution in [0.2, 0.25) is 0 Å². The standard InChI is InChI=1S/C19H23N3O6S/c1-21(2)18(13-6-5-7-16(9-13)28-3)12-20-19(23)14-8-15(22(24)25)11-17(10-14)29(4,26)27/h5-11,18H,12H2,1-4H3,(H,20,23). The van der Waals surface area contributed by atoms with Gasteiger partial charge in [0, 0.05) is 30.5 Å². The second-order valence-electron chi connectivity index (χ2n) is 6.71. The Balaban J connectivity index is 2.28. The summed E-state index contributed by atoms with van der Waals surface area (Å²) in [6, 6.07) is 10.3. The zero-order valence-electron chi connectivity index (χ0n) is 16.6. The molecule has 0 saturated heterocycles. The van der Waals surface area contributed by atoms with Crippen molar-refractivity contribution in [2.45, 2.75) is 10.9 Å². The fraction of sp³-hybridized carbons (Fsp3) is 0.316. The molecule has 0 heterocycles.